The maximum atomic E-state index is 3.79. The molecule has 0 saturated carbocycles. The molecule has 3 atom stereocenters. The first kappa shape index (κ1) is 18.6. The van der Waals surface area contributed by atoms with Crippen LogP contribution in [0.3, 0.4) is 0 Å². The van der Waals surface area contributed by atoms with Crippen LogP contribution in [0.2, 0.25) is 0 Å². The van der Waals surface area contributed by atoms with Crippen molar-refractivity contribution in [2.24, 2.45) is 11.8 Å². The summed E-state index contributed by atoms with van der Waals surface area (Å²) in [5.74, 6) is 2.74. The molecule has 0 saturated heterocycles. The minimum atomic E-state index is 0.459. The van der Waals surface area contributed by atoms with E-state index >= 15 is 0 Å². The lowest BCUT2D eigenvalue weighted by molar-refractivity contribution is 0.443. The van der Waals surface area contributed by atoms with Crippen molar-refractivity contribution >= 4 is 11.8 Å². The fraction of sp³-hybridized carbons (Fsp3) is 0.684. The molecule has 0 aliphatic heterocycles. The molecule has 0 aliphatic carbocycles. The summed E-state index contributed by atoms with van der Waals surface area (Å²) in [5.41, 5.74) is 1.43. The van der Waals surface area contributed by atoms with E-state index in [1.807, 2.05) is 0 Å². The molecule has 1 rings (SSSR count). The van der Waals surface area contributed by atoms with Gasteiger partial charge in [0.25, 0.3) is 0 Å². The van der Waals surface area contributed by atoms with Gasteiger partial charge in [-0.2, -0.15) is 11.8 Å². The molecule has 1 aromatic rings. The van der Waals surface area contributed by atoms with Gasteiger partial charge in [-0.15, -0.1) is 0 Å². The Morgan fingerprint density at radius 1 is 1.05 bits per heavy atom. The molecular formula is C19H33NS. The van der Waals surface area contributed by atoms with Crippen LogP contribution in [0.4, 0.5) is 0 Å². The van der Waals surface area contributed by atoms with E-state index in [1.54, 1.807) is 0 Å². The lowest BCUT2D eigenvalue weighted by Gasteiger charge is -2.32. The highest BCUT2D eigenvalue weighted by atomic mass is 32.2. The number of hydrogen-bond donors (Lipinski definition) is 1. The zero-order valence-electron chi connectivity index (χ0n) is 14.4. The molecule has 0 bridgehead atoms. The number of benzene rings is 1. The smallest absolute Gasteiger partial charge is 0.0443 e. The normalized spacial score (nSPS) is 15.9. The lowest BCUT2D eigenvalue weighted by atomic mass is 9.96. The van der Waals surface area contributed by atoms with Crippen LogP contribution in [0.25, 0.3) is 0 Å². The Balaban J connectivity index is 2.84. The molecular weight excluding hydrogens is 274 g/mol. The van der Waals surface area contributed by atoms with E-state index in [-0.39, 0.29) is 0 Å². The molecule has 21 heavy (non-hydrogen) atoms. The number of thioether (sulfide) groups is 1. The fourth-order valence-corrected chi connectivity index (χ4v) is 4.07. The molecule has 0 aromatic heterocycles. The van der Waals surface area contributed by atoms with E-state index in [4.69, 9.17) is 0 Å². The van der Waals surface area contributed by atoms with Crippen molar-refractivity contribution in [3.63, 3.8) is 0 Å². The number of nitrogens with one attached hydrogen (secondary N) is 1. The minimum Gasteiger partial charge on any atom is -0.309 e. The van der Waals surface area contributed by atoms with Crippen molar-refractivity contribution in [2.45, 2.75) is 58.8 Å². The van der Waals surface area contributed by atoms with Gasteiger partial charge >= 0.3 is 0 Å². The van der Waals surface area contributed by atoms with Gasteiger partial charge in [0.05, 0.1) is 0 Å². The highest BCUT2D eigenvalue weighted by molar-refractivity contribution is 7.99. The Hall–Kier alpha value is -0.470. The largest absolute Gasteiger partial charge is 0.309 e. The fourth-order valence-electron chi connectivity index (χ4n) is 2.45. The molecule has 0 aliphatic rings. The van der Waals surface area contributed by atoms with Crippen LogP contribution in [0, 0.1) is 11.8 Å². The monoisotopic (exact) mass is 307 g/mol. The van der Waals surface area contributed by atoms with Gasteiger partial charge in [-0.05, 0) is 36.1 Å². The van der Waals surface area contributed by atoms with Gasteiger partial charge in [0.1, 0.15) is 0 Å². The summed E-state index contributed by atoms with van der Waals surface area (Å²) in [4.78, 5) is 0. The number of rotatable bonds is 10. The molecule has 0 radical (unpaired) electrons. The molecule has 0 amide bonds. The zero-order chi connectivity index (χ0) is 15.7. The summed E-state index contributed by atoms with van der Waals surface area (Å²) in [6.07, 6.45) is 2.46. The van der Waals surface area contributed by atoms with Gasteiger partial charge in [-0.25, -0.2) is 0 Å². The maximum Gasteiger partial charge on any atom is 0.0443 e. The molecule has 0 spiro atoms. The summed E-state index contributed by atoms with van der Waals surface area (Å²) in [7, 11) is 0. The molecule has 120 valence electrons. The predicted molar refractivity (Wildman–Crippen MR) is 98.0 cm³/mol. The Labute approximate surface area is 136 Å². The maximum absolute atomic E-state index is 3.79. The topological polar surface area (TPSA) is 12.0 Å². The van der Waals surface area contributed by atoms with E-state index in [1.165, 1.54) is 24.2 Å². The lowest BCUT2D eigenvalue weighted by Crippen LogP contribution is -2.34. The van der Waals surface area contributed by atoms with Crippen LogP contribution in [0.5, 0.6) is 0 Å². The van der Waals surface area contributed by atoms with E-state index < -0.39 is 0 Å². The molecule has 1 nitrogen and oxygen atoms in total. The van der Waals surface area contributed by atoms with Crippen LogP contribution >= 0.6 is 11.8 Å². The minimum absolute atomic E-state index is 0.459. The first-order valence-corrected chi connectivity index (χ1v) is 9.54. The van der Waals surface area contributed by atoms with E-state index in [0.29, 0.717) is 17.2 Å². The van der Waals surface area contributed by atoms with Crippen molar-refractivity contribution in [2.75, 3.05) is 12.3 Å². The Morgan fingerprint density at radius 2 is 1.71 bits per heavy atom. The third-order valence-corrected chi connectivity index (χ3v) is 5.99. The summed E-state index contributed by atoms with van der Waals surface area (Å²) in [6.45, 7) is 12.7. The van der Waals surface area contributed by atoms with E-state index in [0.717, 1.165) is 12.5 Å². The Kier molecular flexibility index (Phi) is 9.10. The van der Waals surface area contributed by atoms with E-state index in [9.17, 15) is 0 Å². The van der Waals surface area contributed by atoms with Crippen molar-refractivity contribution in [3.8, 4) is 0 Å². The van der Waals surface area contributed by atoms with Gasteiger partial charge in [-0.3, -0.25) is 0 Å². The van der Waals surface area contributed by atoms with Gasteiger partial charge in [0, 0.05) is 11.3 Å². The second-order valence-electron chi connectivity index (χ2n) is 6.40. The van der Waals surface area contributed by atoms with E-state index in [2.05, 4.69) is 82.0 Å². The summed E-state index contributed by atoms with van der Waals surface area (Å²) in [5, 5.41) is 4.42. The summed E-state index contributed by atoms with van der Waals surface area (Å²) < 4.78 is 0. The predicted octanol–water partition coefficient (Wildman–Crippen LogP) is 5.53. The molecule has 3 unspecified atom stereocenters. The SMILES string of the molecule is CCCNC(c1ccccc1)C(SCC(C)CC)C(C)C. The quantitative estimate of drug-likeness (QED) is 0.610. The van der Waals surface area contributed by atoms with Crippen LogP contribution in [-0.4, -0.2) is 17.5 Å². The molecule has 1 N–H and O–H groups in total. The van der Waals surface area contributed by atoms with Crippen molar-refractivity contribution in [3.05, 3.63) is 35.9 Å². The van der Waals surface area contributed by atoms with Crippen LogP contribution in [-0.2, 0) is 0 Å². The number of hydrogen-bond acceptors (Lipinski definition) is 2. The molecule has 1 aromatic carbocycles. The highest BCUT2D eigenvalue weighted by Gasteiger charge is 2.26. The van der Waals surface area contributed by atoms with Crippen molar-refractivity contribution < 1.29 is 0 Å². The first-order valence-electron chi connectivity index (χ1n) is 8.50. The van der Waals surface area contributed by atoms with Crippen molar-refractivity contribution in [1.82, 2.24) is 5.32 Å². The molecule has 0 fully saturated rings. The zero-order valence-corrected chi connectivity index (χ0v) is 15.2. The second-order valence-corrected chi connectivity index (χ2v) is 7.61. The first-order chi connectivity index (χ1) is 10.1. The average Bonchev–Trinajstić information content (AvgIpc) is 2.50. The Morgan fingerprint density at radius 3 is 2.24 bits per heavy atom. The van der Waals surface area contributed by atoms with Crippen LogP contribution in [0.1, 0.15) is 59.1 Å². The third-order valence-electron chi connectivity index (χ3n) is 4.03. The van der Waals surface area contributed by atoms with Crippen molar-refractivity contribution in [1.29, 1.82) is 0 Å². The third kappa shape index (κ3) is 6.44. The Bertz CT molecular complexity index is 363. The van der Waals surface area contributed by atoms with Crippen LogP contribution in [0.15, 0.2) is 30.3 Å². The van der Waals surface area contributed by atoms with Gasteiger partial charge in [0.2, 0.25) is 0 Å². The highest BCUT2D eigenvalue weighted by Crippen LogP contribution is 2.33. The standard InChI is InChI=1S/C19H33NS/c1-6-13-20-18(17-11-9-8-10-12-17)19(15(3)4)21-14-16(5)7-2/h8-12,15-16,18-20H,6-7,13-14H2,1-5H3. The molecule has 2 heteroatoms. The average molecular weight is 308 g/mol. The van der Waals surface area contributed by atoms with Crippen LogP contribution < -0.4 is 5.32 Å². The summed E-state index contributed by atoms with van der Waals surface area (Å²) in [6, 6.07) is 11.4. The van der Waals surface area contributed by atoms with Gasteiger partial charge < -0.3 is 5.32 Å². The van der Waals surface area contributed by atoms with Gasteiger partial charge in [-0.1, -0.05) is 71.4 Å². The summed E-state index contributed by atoms with van der Waals surface area (Å²) >= 11 is 2.15. The second kappa shape index (κ2) is 10.3. The molecule has 0 heterocycles. The van der Waals surface area contributed by atoms with Gasteiger partial charge in [0.15, 0.2) is 0 Å².